The first kappa shape index (κ1) is 14.6. The van der Waals surface area contributed by atoms with Gasteiger partial charge in [-0.05, 0) is 44.8 Å². The minimum Gasteiger partial charge on any atom is -0.459 e. The van der Waals surface area contributed by atoms with Crippen LogP contribution in [0.3, 0.4) is 0 Å². The van der Waals surface area contributed by atoms with Crippen molar-refractivity contribution in [2.24, 2.45) is 5.92 Å². The first-order valence-corrected chi connectivity index (χ1v) is 8.16. The maximum Gasteiger partial charge on any atom is 0.134 e. The molecule has 1 aromatic heterocycles. The van der Waals surface area contributed by atoms with Crippen LogP contribution in [0.1, 0.15) is 37.5 Å². The van der Waals surface area contributed by atoms with Crippen molar-refractivity contribution < 1.29 is 4.42 Å². The molecule has 1 aromatic carbocycles. The van der Waals surface area contributed by atoms with Crippen LogP contribution in [0.2, 0.25) is 0 Å². The van der Waals surface area contributed by atoms with Gasteiger partial charge < -0.3 is 9.73 Å². The molecule has 0 bridgehead atoms. The molecule has 0 saturated heterocycles. The molecule has 1 fully saturated rings. The van der Waals surface area contributed by atoms with Gasteiger partial charge in [0, 0.05) is 24.0 Å². The zero-order valence-electron chi connectivity index (χ0n) is 13.2. The molecule has 0 amide bonds. The van der Waals surface area contributed by atoms with E-state index in [1.165, 1.54) is 30.3 Å². The van der Waals surface area contributed by atoms with Crippen molar-refractivity contribution in [1.29, 1.82) is 0 Å². The van der Waals surface area contributed by atoms with Gasteiger partial charge in [-0.1, -0.05) is 25.1 Å². The van der Waals surface area contributed by atoms with E-state index in [-0.39, 0.29) is 0 Å². The van der Waals surface area contributed by atoms with Gasteiger partial charge in [0.2, 0.25) is 0 Å². The van der Waals surface area contributed by atoms with Crippen molar-refractivity contribution in [3.8, 4) is 0 Å². The van der Waals surface area contributed by atoms with Crippen LogP contribution in [0.4, 0.5) is 0 Å². The summed E-state index contributed by atoms with van der Waals surface area (Å²) in [6.07, 6.45) is 3.96. The van der Waals surface area contributed by atoms with Gasteiger partial charge in [0.15, 0.2) is 0 Å². The summed E-state index contributed by atoms with van der Waals surface area (Å²) in [5.41, 5.74) is 2.35. The SMILES string of the molecule is CCCNCc1c(CN(C)CC2CC2)oc2ccccc12. The van der Waals surface area contributed by atoms with Crippen LogP contribution in [-0.4, -0.2) is 25.0 Å². The average molecular weight is 286 g/mol. The summed E-state index contributed by atoms with van der Waals surface area (Å²) < 4.78 is 6.12. The molecule has 0 radical (unpaired) electrons. The molecular formula is C18H26N2O. The van der Waals surface area contributed by atoms with Gasteiger partial charge in [-0.3, -0.25) is 4.90 Å². The quantitative estimate of drug-likeness (QED) is 0.749. The van der Waals surface area contributed by atoms with E-state index in [2.05, 4.69) is 42.4 Å². The third kappa shape index (κ3) is 3.66. The number of para-hydroxylation sites is 1. The first-order chi connectivity index (χ1) is 10.3. The Labute approximate surface area is 127 Å². The highest BCUT2D eigenvalue weighted by Gasteiger charge is 2.24. The lowest BCUT2D eigenvalue weighted by Gasteiger charge is -2.15. The lowest BCUT2D eigenvalue weighted by Crippen LogP contribution is -2.22. The zero-order valence-corrected chi connectivity index (χ0v) is 13.2. The Morgan fingerprint density at radius 3 is 2.86 bits per heavy atom. The topological polar surface area (TPSA) is 28.4 Å². The molecule has 3 rings (SSSR count). The van der Waals surface area contributed by atoms with E-state index in [1.54, 1.807) is 0 Å². The van der Waals surface area contributed by atoms with Crippen molar-refractivity contribution in [3.63, 3.8) is 0 Å². The Morgan fingerprint density at radius 2 is 2.10 bits per heavy atom. The average Bonchev–Trinajstić information content (AvgIpc) is 3.21. The molecule has 0 spiro atoms. The van der Waals surface area contributed by atoms with Crippen molar-refractivity contribution in [2.75, 3.05) is 20.1 Å². The number of benzene rings is 1. The molecule has 0 unspecified atom stereocenters. The minimum atomic E-state index is 0.900. The Morgan fingerprint density at radius 1 is 1.29 bits per heavy atom. The van der Waals surface area contributed by atoms with Crippen molar-refractivity contribution in [1.82, 2.24) is 10.2 Å². The molecule has 1 N–H and O–H groups in total. The van der Waals surface area contributed by atoms with E-state index < -0.39 is 0 Å². The first-order valence-electron chi connectivity index (χ1n) is 8.16. The molecule has 3 heteroatoms. The maximum absolute atomic E-state index is 6.12. The standard InChI is InChI=1S/C18H26N2O/c1-3-10-19-11-16-15-6-4-5-7-17(15)21-18(16)13-20(2)12-14-8-9-14/h4-7,14,19H,3,8-13H2,1-2H3. The molecule has 1 saturated carbocycles. The second-order valence-electron chi connectivity index (χ2n) is 6.32. The molecule has 1 heterocycles. The summed E-state index contributed by atoms with van der Waals surface area (Å²) >= 11 is 0. The van der Waals surface area contributed by atoms with E-state index in [0.29, 0.717) is 0 Å². The fraction of sp³-hybridized carbons (Fsp3) is 0.556. The molecule has 3 nitrogen and oxygen atoms in total. The second-order valence-corrected chi connectivity index (χ2v) is 6.32. The van der Waals surface area contributed by atoms with Crippen molar-refractivity contribution >= 4 is 11.0 Å². The number of rotatable bonds is 8. The molecule has 1 aliphatic carbocycles. The third-order valence-electron chi connectivity index (χ3n) is 4.19. The highest BCUT2D eigenvalue weighted by Crippen LogP contribution is 2.31. The van der Waals surface area contributed by atoms with Gasteiger partial charge in [0.25, 0.3) is 0 Å². The molecular weight excluding hydrogens is 260 g/mol. The highest BCUT2D eigenvalue weighted by molar-refractivity contribution is 5.82. The summed E-state index contributed by atoms with van der Waals surface area (Å²) in [6, 6.07) is 8.39. The molecule has 2 aromatic rings. The van der Waals surface area contributed by atoms with Gasteiger partial charge >= 0.3 is 0 Å². The number of furan rings is 1. The summed E-state index contributed by atoms with van der Waals surface area (Å²) in [5, 5.41) is 4.78. The number of fused-ring (bicyclic) bond motifs is 1. The van der Waals surface area contributed by atoms with Crippen LogP contribution < -0.4 is 5.32 Å². The van der Waals surface area contributed by atoms with Crippen LogP contribution in [0.25, 0.3) is 11.0 Å². The van der Waals surface area contributed by atoms with E-state index >= 15 is 0 Å². The number of nitrogens with one attached hydrogen (secondary N) is 1. The Bertz CT molecular complexity index is 586. The van der Waals surface area contributed by atoms with Gasteiger partial charge in [0.05, 0.1) is 6.54 Å². The van der Waals surface area contributed by atoms with E-state index in [0.717, 1.165) is 43.3 Å². The summed E-state index contributed by atoms with van der Waals surface area (Å²) in [5.74, 6) is 2.05. The lowest BCUT2D eigenvalue weighted by molar-refractivity contribution is 0.286. The minimum absolute atomic E-state index is 0.900. The molecule has 114 valence electrons. The smallest absolute Gasteiger partial charge is 0.134 e. The second kappa shape index (κ2) is 6.63. The molecule has 21 heavy (non-hydrogen) atoms. The van der Waals surface area contributed by atoms with Gasteiger partial charge in [-0.25, -0.2) is 0 Å². The van der Waals surface area contributed by atoms with Gasteiger partial charge in [-0.2, -0.15) is 0 Å². The summed E-state index contributed by atoms with van der Waals surface area (Å²) in [7, 11) is 2.20. The number of hydrogen-bond donors (Lipinski definition) is 1. The van der Waals surface area contributed by atoms with Gasteiger partial charge in [-0.15, -0.1) is 0 Å². The Hall–Kier alpha value is -1.32. The molecule has 0 aliphatic heterocycles. The Kier molecular flexibility index (Phi) is 4.61. The summed E-state index contributed by atoms with van der Waals surface area (Å²) in [6.45, 7) is 6.26. The van der Waals surface area contributed by atoms with Crippen LogP contribution in [0.5, 0.6) is 0 Å². The number of nitrogens with zero attached hydrogens (tertiary/aromatic N) is 1. The normalized spacial score (nSPS) is 15.2. The van der Waals surface area contributed by atoms with Crippen molar-refractivity contribution in [2.45, 2.75) is 39.3 Å². The van der Waals surface area contributed by atoms with E-state index in [1.807, 2.05) is 6.07 Å². The van der Waals surface area contributed by atoms with Crippen LogP contribution in [0.15, 0.2) is 28.7 Å². The predicted molar refractivity (Wildman–Crippen MR) is 87.3 cm³/mol. The van der Waals surface area contributed by atoms with Gasteiger partial charge in [0.1, 0.15) is 11.3 Å². The predicted octanol–water partition coefficient (Wildman–Crippen LogP) is 3.77. The monoisotopic (exact) mass is 286 g/mol. The molecule has 1 aliphatic rings. The fourth-order valence-electron chi connectivity index (χ4n) is 2.91. The van der Waals surface area contributed by atoms with Crippen LogP contribution in [0, 0.1) is 5.92 Å². The number of hydrogen-bond acceptors (Lipinski definition) is 3. The Balaban J connectivity index is 1.78. The molecule has 0 atom stereocenters. The lowest BCUT2D eigenvalue weighted by atomic mass is 10.1. The third-order valence-corrected chi connectivity index (χ3v) is 4.19. The fourth-order valence-corrected chi connectivity index (χ4v) is 2.91. The van der Waals surface area contributed by atoms with Crippen LogP contribution >= 0.6 is 0 Å². The van der Waals surface area contributed by atoms with Crippen LogP contribution in [-0.2, 0) is 13.1 Å². The van der Waals surface area contributed by atoms with E-state index in [9.17, 15) is 0 Å². The summed E-state index contributed by atoms with van der Waals surface area (Å²) in [4.78, 5) is 2.40. The zero-order chi connectivity index (χ0) is 14.7. The maximum atomic E-state index is 6.12. The van der Waals surface area contributed by atoms with Crippen molar-refractivity contribution in [3.05, 3.63) is 35.6 Å². The van der Waals surface area contributed by atoms with E-state index in [4.69, 9.17) is 4.42 Å². The largest absolute Gasteiger partial charge is 0.459 e. The highest BCUT2D eigenvalue weighted by atomic mass is 16.3.